The summed E-state index contributed by atoms with van der Waals surface area (Å²) in [5.41, 5.74) is 4.97. The van der Waals surface area contributed by atoms with E-state index in [-0.39, 0.29) is 5.91 Å². The summed E-state index contributed by atoms with van der Waals surface area (Å²) in [6.07, 6.45) is 2.17. The van der Waals surface area contributed by atoms with Gasteiger partial charge in [0, 0.05) is 35.6 Å². The first-order valence-electron chi connectivity index (χ1n) is 6.81. The number of nitrogens with zero attached hydrogens (tertiary/aromatic N) is 3. The molecule has 0 aliphatic rings. The van der Waals surface area contributed by atoms with Gasteiger partial charge in [-0.1, -0.05) is 0 Å². The number of carbonyl (C=O) groups is 1. The molecule has 0 unspecified atom stereocenters. The fourth-order valence-electron chi connectivity index (χ4n) is 2.23. The van der Waals surface area contributed by atoms with E-state index in [1.807, 2.05) is 38.6 Å². The first-order chi connectivity index (χ1) is 9.52. The molecule has 0 aliphatic carbocycles. The molecule has 0 saturated heterocycles. The van der Waals surface area contributed by atoms with Crippen molar-refractivity contribution in [2.24, 2.45) is 0 Å². The Kier molecular flexibility index (Phi) is 4.22. The fraction of sp³-hybridized carbons (Fsp3) is 0.500. The van der Waals surface area contributed by atoms with E-state index in [0.29, 0.717) is 13.0 Å². The van der Waals surface area contributed by atoms with Crippen LogP contribution in [0.2, 0.25) is 0 Å². The predicted octanol–water partition coefficient (Wildman–Crippen LogP) is 1.41. The third kappa shape index (κ3) is 2.89. The Labute approximate surface area is 118 Å². The molecular weight excluding hydrogens is 254 g/mol. The zero-order valence-corrected chi connectivity index (χ0v) is 12.4. The molecule has 2 aromatic heterocycles. The minimum atomic E-state index is 0.00116. The molecule has 108 valence electrons. The third-order valence-electron chi connectivity index (χ3n) is 3.60. The molecule has 20 heavy (non-hydrogen) atoms. The molecule has 0 spiro atoms. The Hall–Kier alpha value is -2.11. The minimum Gasteiger partial charge on any atom is -0.352 e. The van der Waals surface area contributed by atoms with Gasteiger partial charge in [0.15, 0.2) is 0 Å². The number of aromatic amines is 1. The smallest absolute Gasteiger partial charge is 0.224 e. The van der Waals surface area contributed by atoms with Gasteiger partial charge in [-0.05, 0) is 27.7 Å². The Morgan fingerprint density at radius 3 is 2.70 bits per heavy atom. The molecular formula is C14H21N5O. The van der Waals surface area contributed by atoms with E-state index in [9.17, 15) is 4.79 Å². The molecule has 6 nitrogen and oxygen atoms in total. The molecule has 0 radical (unpaired) electrons. The normalized spacial score (nSPS) is 10.8. The second-order valence-electron chi connectivity index (χ2n) is 4.94. The van der Waals surface area contributed by atoms with Crippen molar-refractivity contribution in [2.45, 2.75) is 47.2 Å². The lowest BCUT2D eigenvalue weighted by molar-refractivity contribution is -0.120. The van der Waals surface area contributed by atoms with Crippen LogP contribution in [0.3, 0.4) is 0 Å². The number of aryl methyl sites for hydroxylation is 3. The van der Waals surface area contributed by atoms with E-state index in [0.717, 1.165) is 34.8 Å². The molecule has 0 aromatic carbocycles. The van der Waals surface area contributed by atoms with E-state index >= 15 is 0 Å². The highest BCUT2D eigenvalue weighted by molar-refractivity contribution is 5.79. The zero-order valence-electron chi connectivity index (χ0n) is 12.4. The summed E-state index contributed by atoms with van der Waals surface area (Å²) >= 11 is 0. The maximum Gasteiger partial charge on any atom is 0.224 e. The summed E-state index contributed by atoms with van der Waals surface area (Å²) in [5.74, 6) is 0.00116. The Balaban J connectivity index is 1.94. The van der Waals surface area contributed by atoms with Crippen molar-refractivity contribution in [3.05, 3.63) is 34.4 Å². The van der Waals surface area contributed by atoms with Crippen LogP contribution in [-0.2, 0) is 24.3 Å². The quantitative estimate of drug-likeness (QED) is 0.866. The molecule has 2 aromatic rings. The van der Waals surface area contributed by atoms with Gasteiger partial charge in [0.1, 0.15) is 0 Å². The second-order valence-corrected chi connectivity index (χ2v) is 4.94. The molecule has 0 aliphatic heterocycles. The van der Waals surface area contributed by atoms with Crippen molar-refractivity contribution in [2.75, 3.05) is 0 Å². The maximum absolute atomic E-state index is 12.0. The first-order valence-corrected chi connectivity index (χ1v) is 6.81. The van der Waals surface area contributed by atoms with Gasteiger partial charge in [-0.2, -0.15) is 10.2 Å². The van der Waals surface area contributed by atoms with Gasteiger partial charge in [-0.25, -0.2) is 0 Å². The Morgan fingerprint density at radius 2 is 2.15 bits per heavy atom. The monoisotopic (exact) mass is 275 g/mol. The summed E-state index contributed by atoms with van der Waals surface area (Å²) < 4.78 is 1.92. The number of hydrogen-bond acceptors (Lipinski definition) is 3. The Bertz CT molecular complexity index is 592. The molecule has 0 fully saturated rings. The Morgan fingerprint density at radius 1 is 1.40 bits per heavy atom. The van der Waals surface area contributed by atoms with Crippen LogP contribution in [0.5, 0.6) is 0 Å². The molecule has 0 saturated carbocycles. The van der Waals surface area contributed by atoms with E-state index < -0.39 is 0 Å². The van der Waals surface area contributed by atoms with Crippen molar-refractivity contribution >= 4 is 5.91 Å². The van der Waals surface area contributed by atoms with Gasteiger partial charge in [-0.15, -0.1) is 0 Å². The second kappa shape index (κ2) is 5.90. The predicted molar refractivity (Wildman–Crippen MR) is 76.3 cm³/mol. The van der Waals surface area contributed by atoms with Gasteiger partial charge < -0.3 is 5.32 Å². The highest BCUT2D eigenvalue weighted by Gasteiger charge is 2.12. The van der Waals surface area contributed by atoms with Crippen molar-refractivity contribution < 1.29 is 4.79 Å². The molecule has 1 amide bonds. The van der Waals surface area contributed by atoms with E-state index in [2.05, 4.69) is 20.6 Å². The molecule has 2 N–H and O–H groups in total. The van der Waals surface area contributed by atoms with E-state index in [1.54, 1.807) is 0 Å². The lowest BCUT2D eigenvalue weighted by atomic mass is 10.1. The first kappa shape index (κ1) is 14.3. The molecule has 2 rings (SSSR count). The van der Waals surface area contributed by atoms with Gasteiger partial charge in [-0.3, -0.25) is 14.6 Å². The van der Waals surface area contributed by atoms with Gasteiger partial charge in [0.2, 0.25) is 5.91 Å². The number of rotatable bonds is 5. The summed E-state index contributed by atoms with van der Waals surface area (Å²) in [5, 5.41) is 14.2. The fourth-order valence-corrected chi connectivity index (χ4v) is 2.23. The van der Waals surface area contributed by atoms with E-state index in [4.69, 9.17) is 0 Å². The largest absolute Gasteiger partial charge is 0.352 e. The summed E-state index contributed by atoms with van der Waals surface area (Å²) in [7, 11) is 0. The molecule has 6 heteroatoms. The van der Waals surface area contributed by atoms with E-state index in [1.165, 1.54) is 0 Å². The average molecular weight is 275 g/mol. The number of H-pyrrole nitrogens is 1. The van der Waals surface area contributed by atoms with Gasteiger partial charge >= 0.3 is 0 Å². The van der Waals surface area contributed by atoms with Crippen LogP contribution < -0.4 is 5.32 Å². The van der Waals surface area contributed by atoms with Crippen molar-refractivity contribution in [1.82, 2.24) is 25.3 Å². The summed E-state index contributed by atoms with van der Waals surface area (Å²) in [4.78, 5) is 12.0. The maximum atomic E-state index is 12.0. The van der Waals surface area contributed by atoms with Gasteiger partial charge in [0.25, 0.3) is 0 Å². The van der Waals surface area contributed by atoms with Crippen LogP contribution in [0.4, 0.5) is 0 Å². The van der Waals surface area contributed by atoms with Crippen LogP contribution in [0, 0.1) is 20.8 Å². The number of hydrogen-bond donors (Lipinski definition) is 2. The van der Waals surface area contributed by atoms with Crippen LogP contribution in [0.1, 0.15) is 35.1 Å². The highest BCUT2D eigenvalue weighted by Crippen LogP contribution is 2.10. The lowest BCUT2D eigenvalue weighted by Gasteiger charge is -2.06. The summed E-state index contributed by atoms with van der Waals surface area (Å²) in [6, 6.07) is 0. The van der Waals surface area contributed by atoms with Crippen LogP contribution in [-0.4, -0.2) is 25.9 Å². The number of nitrogens with one attached hydrogen (secondary N) is 2. The standard InChI is InChI=1S/C14H21N5O/c1-5-19-11(4)12(8-16-19)7-15-14(20)6-13-9(2)17-18-10(13)3/h8H,5-7H2,1-4H3,(H,15,20)(H,17,18). The number of carbonyl (C=O) groups excluding carboxylic acids is 1. The lowest BCUT2D eigenvalue weighted by Crippen LogP contribution is -2.25. The summed E-state index contributed by atoms with van der Waals surface area (Å²) in [6.45, 7) is 9.25. The zero-order chi connectivity index (χ0) is 14.7. The average Bonchev–Trinajstić information content (AvgIpc) is 2.93. The van der Waals surface area contributed by atoms with Crippen LogP contribution in [0.25, 0.3) is 0 Å². The van der Waals surface area contributed by atoms with Crippen LogP contribution in [0.15, 0.2) is 6.20 Å². The molecule has 2 heterocycles. The molecule has 0 bridgehead atoms. The number of amides is 1. The topological polar surface area (TPSA) is 75.6 Å². The minimum absolute atomic E-state index is 0.00116. The van der Waals surface area contributed by atoms with Gasteiger partial charge in [0.05, 0.1) is 18.3 Å². The molecule has 0 atom stereocenters. The third-order valence-corrected chi connectivity index (χ3v) is 3.60. The number of aromatic nitrogens is 4. The highest BCUT2D eigenvalue weighted by atomic mass is 16.1. The van der Waals surface area contributed by atoms with Crippen LogP contribution >= 0.6 is 0 Å². The SMILES string of the molecule is CCn1ncc(CNC(=O)Cc2c(C)n[nH]c2C)c1C. The van der Waals surface area contributed by atoms with Crippen molar-refractivity contribution in [3.8, 4) is 0 Å². The van der Waals surface area contributed by atoms with Crippen molar-refractivity contribution in [1.29, 1.82) is 0 Å². The van der Waals surface area contributed by atoms with Crippen molar-refractivity contribution in [3.63, 3.8) is 0 Å².